The zero-order valence-corrected chi connectivity index (χ0v) is 8.95. The Labute approximate surface area is 81.1 Å². The Balaban J connectivity index is 2.55. The van der Waals surface area contributed by atoms with Crippen molar-refractivity contribution < 1.29 is 14.2 Å². The number of ether oxygens (including phenoxy) is 3. The lowest BCUT2D eigenvalue weighted by atomic mass is 9.72. The molecular weight excluding hydrogens is 167 g/mol. The summed E-state index contributed by atoms with van der Waals surface area (Å²) in [7, 11) is 5.63. The Morgan fingerprint density at radius 3 is 2.69 bits per heavy atom. The minimum atomic E-state index is 0.0983. The second-order valence-electron chi connectivity index (χ2n) is 3.86. The number of hydrogen-bond acceptors (Lipinski definition) is 3. The maximum Gasteiger partial charge on any atom is 0.108 e. The van der Waals surface area contributed by atoms with Crippen LogP contribution in [0.15, 0.2) is 0 Å². The second kappa shape index (κ2) is 4.98. The van der Waals surface area contributed by atoms with Gasteiger partial charge in [-0.05, 0) is 11.7 Å². The highest BCUT2D eigenvalue weighted by atomic mass is 16.6. The normalized spacial score (nSPS) is 40.5. The van der Waals surface area contributed by atoms with Crippen LogP contribution in [0.3, 0.4) is 0 Å². The highest BCUT2D eigenvalue weighted by Gasteiger charge is 2.35. The van der Waals surface area contributed by atoms with Crippen molar-refractivity contribution in [3.8, 4) is 0 Å². The van der Waals surface area contributed by atoms with Gasteiger partial charge in [-0.15, -0.1) is 0 Å². The molecule has 4 atom stereocenters. The molecular formula is C9H19BO3. The first-order valence-corrected chi connectivity index (χ1v) is 4.84. The van der Waals surface area contributed by atoms with E-state index in [0.717, 1.165) is 6.61 Å². The van der Waals surface area contributed by atoms with Crippen molar-refractivity contribution in [1.82, 2.24) is 0 Å². The summed E-state index contributed by atoms with van der Waals surface area (Å²) in [6.45, 7) is 3.65. The monoisotopic (exact) mass is 186 g/mol. The van der Waals surface area contributed by atoms with Gasteiger partial charge < -0.3 is 14.2 Å². The Morgan fingerprint density at radius 1 is 1.46 bits per heavy atom. The summed E-state index contributed by atoms with van der Waals surface area (Å²) < 4.78 is 16.2. The summed E-state index contributed by atoms with van der Waals surface area (Å²) in [4.78, 5) is 0. The maximum absolute atomic E-state index is 5.65. The molecule has 0 amide bonds. The zero-order chi connectivity index (χ0) is 9.84. The van der Waals surface area contributed by atoms with Gasteiger partial charge in [0.15, 0.2) is 0 Å². The molecule has 1 heterocycles. The molecule has 1 rings (SSSR count). The quantitative estimate of drug-likeness (QED) is 0.585. The van der Waals surface area contributed by atoms with Gasteiger partial charge >= 0.3 is 0 Å². The van der Waals surface area contributed by atoms with Crippen LogP contribution >= 0.6 is 0 Å². The van der Waals surface area contributed by atoms with Crippen molar-refractivity contribution >= 4 is 7.85 Å². The van der Waals surface area contributed by atoms with Gasteiger partial charge in [0.2, 0.25) is 0 Å². The van der Waals surface area contributed by atoms with E-state index in [0.29, 0.717) is 18.3 Å². The molecule has 0 bridgehead atoms. The van der Waals surface area contributed by atoms with Crippen LogP contribution in [0, 0.1) is 5.92 Å². The molecule has 0 N–H and O–H groups in total. The lowest BCUT2D eigenvalue weighted by molar-refractivity contribution is -0.136. The third-order valence-electron chi connectivity index (χ3n) is 2.96. The fraction of sp³-hybridized carbons (Fsp3) is 1.00. The molecule has 13 heavy (non-hydrogen) atoms. The van der Waals surface area contributed by atoms with Crippen LogP contribution in [-0.4, -0.2) is 47.5 Å². The molecule has 0 spiro atoms. The van der Waals surface area contributed by atoms with E-state index < -0.39 is 0 Å². The fourth-order valence-electron chi connectivity index (χ4n) is 1.86. The topological polar surface area (TPSA) is 27.7 Å². The molecule has 76 valence electrons. The minimum absolute atomic E-state index is 0.0983. The minimum Gasteiger partial charge on any atom is -0.382 e. The summed E-state index contributed by atoms with van der Waals surface area (Å²) >= 11 is 0. The van der Waals surface area contributed by atoms with E-state index in [1.807, 2.05) is 0 Å². The van der Waals surface area contributed by atoms with Crippen molar-refractivity contribution in [2.24, 2.45) is 5.92 Å². The Morgan fingerprint density at radius 2 is 2.15 bits per heavy atom. The Bertz CT molecular complexity index is 154. The Kier molecular flexibility index (Phi) is 4.23. The van der Waals surface area contributed by atoms with Crippen LogP contribution in [0.2, 0.25) is 5.82 Å². The van der Waals surface area contributed by atoms with Gasteiger partial charge in [-0.2, -0.15) is 0 Å². The first-order valence-electron chi connectivity index (χ1n) is 4.84. The van der Waals surface area contributed by atoms with E-state index in [-0.39, 0.29) is 12.2 Å². The molecule has 4 heteroatoms. The second-order valence-corrected chi connectivity index (χ2v) is 3.86. The molecule has 0 aromatic rings. The van der Waals surface area contributed by atoms with Crippen LogP contribution in [0.25, 0.3) is 0 Å². The SMILES string of the molecule is B[C@@H]1CO[C@H](COC)[C@@H](OC)[C@H]1C. The molecule has 0 unspecified atom stereocenters. The van der Waals surface area contributed by atoms with Crippen molar-refractivity contribution in [2.75, 3.05) is 27.4 Å². The largest absolute Gasteiger partial charge is 0.382 e. The third-order valence-corrected chi connectivity index (χ3v) is 2.96. The smallest absolute Gasteiger partial charge is 0.108 e. The molecule has 0 aliphatic carbocycles. The zero-order valence-electron chi connectivity index (χ0n) is 8.95. The predicted octanol–water partition coefficient (Wildman–Crippen LogP) is 0.104. The van der Waals surface area contributed by atoms with Gasteiger partial charge in [0.05, 0.1) is 12.7 Å². The van der Waals surface area contributed by atoms with Crippen LogP contribution in [0.4, 0.5) is 0 Å². The van der Waals surface area contributed by atoms with Crippen LogP contribution in [-0.2, 0) is 14.2 Å². The molecule has 1 saturated heterocycles. The summed E-state index contributed by atoms with van der Waals surface area (Å²) in [5.74, 6) is 1.11. The van der Waals surface area contributed by atoms with Crippen LogP contribution in [0.1, 0.15) is 6.92 Å². The van der Waals surface area contributed by atoms with Gasteiger partial charge in [0.25, 0.3) is 0 Å². The molecule has 3 nitrogen and oxygen atoms in total. The molecule has 0 aromatic heterocycles. The van der Waals surface area contributed by atoms with Crippen molar-refractivity contribution in [3.05, 3.63) is 0 Å². The van der Waals surface area contributed by atoms with E-state index in [4.69, 9.17) is 14.2 Å². The molecule has 1 aliphatic heterocycles. The van der Waals surface area contributed by atoms with E-state index in [2.05, 4.69) is 14.8 Å². The van der Waals surface area contributed by atoms with Gasteiger partial charge in [0.1, 0.15) is 14.0 Å². The third kappa shape index (κ3) is 2.45. The molecule has 0 saturated carbocycles. The average molecular weight is 186 g/mol. The summed E-state index contributed by atoms with van der Waals surface area (Å²) in [5, 5.41) is 0. The van der Waals surface area contributed by atoms with Crippen molar-refractivity contribution in [3.63, 3.8) is 0 Å². The number of rotatable bonds is 3. The lowest BCUT2D eigenvalue weighted by Crippen LogP contribution is -2.46. The Hall–Kier alpha value is -0.0551. The first kappa shape index (κ1) is 11.0. The first-order chi connectivity index (χ1) is 6.20. The predicted molar refractivity (Wildman–Crippen MR) is 53.9 cm³/mol. The molecule has 0 aromatic carbocycles. The molecule has 1 aliphatic rings. The average Bonchev–Trinajstić information content (AvgIpc) is 2.12. The summed E-state index contributed by atoms with van der Waals surface area (Å²) in [5.41, 5.74) is 0. The van der Waals surface area contributed by atoms with Gasteiger partial charge in [-0.25, -0.2) is 0 Å². The molecule has 0 radical (unpaired) electrons. The van der Waals surface area contributed by atoms with E-state index in [1.165, 1.54) is 0 Å². The van der Waals surface area contributed by atoms with Crippen molar-refractivity contribution in [2.45, 2.75) is 24.9 Å². The summed E-state index contributed by atoms with van der Waals surface area (Å²) in [6, 6.07) is 0. The number of hydrogen-bond donors (Lipinski definition) is 0. The highest BCUT2D eigenvalue weighted by Crippen LogP contribution is 2.29. The van der Waals surface area contributed by atoms with E-state index >= 15 is 0 Å². The van der Waals surface area contributed by atoms with E-state index in [1.54, 1.807) is 14.2 Å². The van der Waals surface area contributed by atoms with Crippen LogP contribution < -0.4 is 0 Å². The number of methoxy groups -OCH3 is 2. The van der Waals surface area contributed by atoms with Crippen LogP contribution in [0.5, 0.6) is 0 Å². The van der Waals surface area contributed by atoms with Gasteiger partial charge in [-0.1, -0.05) is 6.92 Å². The summed E-state index contributed by atoms with van der Waals surface area (Å²) in [6.07, 6.45) is 0.268. The standard InChI is InChI=1S/C9H19BO3/c1-6-7(10)4-13-8(5-11-2)9(6)12-3/h6-9H,4-5,10H2,1-3H3/t6-,7+,8+,9-/m0/s1. The van der Waals surface area contributed by atoms with Crippen molar-refractivity contribution in [1.29, 1.82) is 0 Å². The molecule has 1 fully saturated rings. The van der Waals surface area contributed by atoms with Gasteiger partial charge in [-0.3, -0.25) is 0 Å². The van der Waals surface area contributed by atoms with Gasteiger partial charge in [0, 0.05) is 20.8 Å². The fourth-order valence-corrected chi connectivity index (χ4v) is 1.86. The lowest BCUT2D eigenvalue weighted by Gasteiger charge is -2.39. The van der Waals surface area contributed by atoms with E-state index in [9.17, 15) is 0 Å². The maximum atomic E-state index is 5.65. The highest BCUT2D eigenvalue weighted by molar-refractivity contribution is 6.12.